The molecule has 1 heterocycles. The number of aromatic nitrogens is 1. The Kier molecular flexibility index (Phi) is 2.78. The van der Waals surface area contributed by atoms with Crippen LogP contribution >= 0.6 is 0 Å². The maximum absolute atomic E-state index is 11.3. The molecule has 1 N–H and O–H groups in total. The lowest BCUT2D eigenvalue weighted by Gasteiger charge is -1.98. The minimum atomic E-state index is -1.11. The van der Waals surface area contributed by atoms with Crippen LogP contribution in [0.2, 0.25) is 0 Å². The third kappa shape index (κ3) is 2.10. The zero-order chi connectivity index (χ0) is 12.4. The number of carbonyl (C=O) groups excluding carboxylic acids is 1. The number of carboxylic acid groups (broad SMARTS) is 1. The molecule has 0 aliphatic rings. The molecule has 17 heavy (non-hydrogen) atoms. The molecule has 0 aliphatic heterocycles. The van der Waals surface area contributed by atoms with Crippen LogP contribution in [-0.2, 0) is 0 Å². The second-order valence-electron chi connectivity index (χ2n) is 3.67. The first-order valence-electron chi connectivity index (χ1n) is 5.11. The SMILES string of the molecule is CC(=O)n1cc(-c2ccccc2)cc1C(=O)O. The number of benzene rings is 1. The molecule has 4 nitrogen and oxygen atoms in total. The van der Waals surface area contributed by atoms with Crippen molar-refractivity contribution in [3.8, 4) is 11.1 Å². The van der Waals surface area contributed by atoms with Gasteiger partial charge in [0, 0.05) is 18.7 Å². The number of hydrogen-bond acceptors (Lipinski definition) is 2. The van der Waals surface area contributed by atoms with Gasteiger partial charge in [0.2, 0.25) is 5.91 Å². The predicted molar refractivity (Wildman–Crippen MR) is 63.1 cm³/mol. The van der Waals surface area contributed by atoms with Crippen molar-refractivity contribution < 1.29 is 14.7 Å². The van der Waals surface area contributed by atoms with Gasteiger partial charge in [0.05, 0.1) is 0 Å². The van der Waals surface area contributed by atoms with Gasteiger partial charge in [-0.1, -0.05) is 30.3 Å². The summed E-state index contributed by atoms with van der Waals surface area (Å²) in [6, 6.07) is 10.8. The van der Waals surface area contributed by atoms with E-state index in [-0.39, 0.29) is 11.6 Å². The van der Waals surface area contributed by atoms with Crippen molar-refractivity contribution in [2.45, 2.75) is 6.92 Å². The van der Waals surface area contributed by atoms with Gasteiger partial charge >= 0.3 is 5.97 Å². The fraction of sp³-hybridized carbons (Fsp3) is 0.0769. The molecule has 0 unspecified atom stereocenters. The van der Waals surface area contributed by atoms with Crippen molar-refractivity contribution in [2.24, 2.45) is 0 Å². The summed E-state index contributed by atoms with van der Waals surface area (Å²) in [6.07, 6.45) is 1.54. The Balaban J connectivity index is 2.55. The number of carbonyl (C=O) groups is 2. The lowest BCUT2D eigenvalue weighted by atomic mass is 10.1. The molecule has 86 valence electrons. The molecule has 0 spiro atoms. The van der Waals surface area contributed by atoms with Gasteiger partial charge in [0.15, 0.2) is 0 Å². The van der Waals surface area contributed by atoms with Crippen LogP contribution in [0.25, 0.3) is 11.1 Å². The van der Waals surface area contributed by atoms with Gasteiger partial charge < -0.3 is 5.11 Å². The summed E-state index contributed by atoms with van der Waals surface area (Å²) in [5.74, 6) is -1.42. The molecule has 0 amide bonds. The number of hydrogen-bond donors (Lipinski definition) is 1. The van der Waals surface area contributed by atoms with Gasteiger partial charge in [-0.25, -0.2) is 4.79 Å². The normalized spacial score (nSPS) is 10.2. The standard InChI is InChI=1S/C13H11NO3/c1-9(15)14-8-11(7-12(14)13(16)17)10-5-3-2-4-6-10/h2-8H,1H3,(H,16,17). The fourth-order valence-corrected chi connectivity index (χ4v) is 1.68. The molecule has 1 aromatic heterocycles. The molecule has 0 aliphatic carbocycles. The van der Waals surface area contributed by atoms with Gasteiger partial charge in [0.1, 0.15) is 5.69 Å². The molecule has 2 rings (SSSR count). The van der Waals surface area contributed by atoms with Crippen LogP contribution in [0, 0.1) is 0 Å². The molecule has 0 saturated carbocycles. The highest BCUT2D eigenvalue weighted by atomic mass is 16.4. The highest BCUT2D eigenvalue weighted by Gasteiger charge is 2.15. The largest absolute Gasteiger partial charge is 0.477 e. The highest BCUT2D eigenvalue weighted by Crippen LogP contribution is 2.22. The van der Waals surface area contributed by atoms with E-state index >= 15 is 0 Å². The summed E-state index contributed by atoms with van der Waals surface area (Å²) in [5.41, 5.74) is 1.59. The summed E-state index contributed by atoms with van der Waals surface area (Å²) in [4.78, 5) is 22.3. The minimum absolute atomic E-state index is 0.0173. The monoisotopic (exact) mass is 229 g/mol. The molecular formula is C13H11NO3. The minimum Gasteiger partial charge on any atom is -0.477 e. The second kappa shape index (κ2) is 4.25. The lowest BCUT2D eigenvalue weighted by Crippen LogP contribution is -2.12. The molecule has 0 bridgehead atoms. The Hall–Kier alpha value is -2.36. The highest BCUT2D eigenvalue weighted by molar-refractivity contribution is 5.94. The van der Waals surface area contributed by atoms with E-state index in [1.807, 2.05) is 30.3 Å². The summed E-state index contributed by atoms with van der Waals surface area (Å²) in [7, 11) is 0. The van der Waals surface area contributed by atoms with Gasteiger partial charge in [-0.05, 0) is 11.6 Å². The average Bonchev–Trinajstić information content (AvgIpc) is 2.75. The summed E-state index contributed by atoms with van der Waals surface area (Å²) in [5, 5.41) is 9.00. The number of rotatable bonds is 2. The van der Waals surface area contributed by atoms with E-state index in [9.17, 15) is 9.59 Å². The van der Waals surface area contributed by atoms with Crippen LogP contribution in [0.1, 0.15) is 22.2 Å². The van der Waals surface area contributed by atoms with E-state index in [2.05, 4.69) is 0 Å². The van der Waals surface area contributed by atoms with Crippen molar-refractivity contribution in [3.05, 3.63) is 48.3 Å². The first-order valence-corrected chi connectivity index (χ1v) is 5.11. The van der Waals surface area contributed by atoms with E-state index in [4.69, 9.17) is 5.11 Å². The second-order valence-corrected chi connectivity index (χ2v) is 3.67. The zero-order valence-electron chi connectivity index (χ0n) is 9.25. The molecule has 0 radical (unpaired) electrons. The van der Waals surface area contributed by atoms with Crippen molar-refractivity contribution in [1.29, 1.82) is 0 Å². The quantitative estimate of drug-likeness (QED) is 0.860. The summed E-state index contributed by atoms with van der Waals surface area (Å²) >= 11 is 0. The Bertz CT molecular complexity index is 538. The molecular weight excluding hydrogens is 218 g/mol. The Labute approximate surface area is 98.1 Å². The van der Waals surface area contributed by atoms with Crippen LogP contribution in [0.3, 0.4) is 0 Å². The summed E-state index contributed by atoms with van der Waals surface area (Å²) in [6.45, 7) is 1.33. The molecule has 4 heteroatoms. The topological polar surface area (TPSA) is 59.3 Å². The van der Waals surface area contributed by atoms with Crippen LogP contribution in [0.4, 0.5) is 0 Å². The van der Waals surface area contributed by atoms with E-state index < -0.39 is 5.97 Å². The van der Waals surface area contributed by atoms with Crippen molar-refractivity contribution >= 4 is 11.9 Å². The van der Waals surface area contributed by atoms with Gasteiger partial charge in [-0.15, -0.1) is 0 Å². The first kappa shape index (κ1) is 11.1. The van der Waals surface area contributed by atoms with E-state index in [0.717, 1.165) is 15.7 Å². The van der Waals surface area contributed by atoms with Gasteiger partial charge in [-0.3, -0.25) is 9.36 Å². The van der Waals surface area contributed by atoms with Gasteiger partial charge in [0.25, 0.3) is 0 Å². The Morgan fingerprint density at radius 2 is 1.76 bits per heavy atom. The zero-order valence-corrected chi connectivity index (χ0v) is 9.25. The average molecular weight is 229 g/mol. The van der Waals surface area contributed by atoms with E-state index in [1.165, 1.54) is 13.0 Å². The molecule has 0 atom stereocenters. The fourth-order valence-electron chi connectivity index (χ4n) is 1.68. The van der Waals surface area contributed by atoms with Crippen molar-refractivity contribution in [3.63, 3.8) is 0 Å². The first-order chi connectivity index (χ1) is 8.09. The third-order valence-electron chi connectivity index (χ3n) is 2.49. The van der Waals surface area contributed by atoms with Crippen LogP contribution in [0.15, 0.2) is 42.6 Å². The van der Waals surface area contributed by atoms with Gasteiger partial charge in [-0.2, -0.15) is 0 Å². The Morgan fingerprint density at radius 1 is 1.12 bits per heavy atom. The van der Waals surface area contributed by atoms with Crippen LogP contribution < -0.4 is 0 Å². The van der Waals surface area contributed by atoms with Crippen LogP contribution in [-0.4, -0.2) is 21.6 Å². The number of aromatic carboxylic acids is 1. The lowest BCUT2D eigenvalue weighted by molar-refractivity contribution is 0.0675. The number of carboxylic acids is 1. The predicted octanol–water partition coefficient (Wildman–Crippen LogP) is 2.51. The summed E-state index contributed by atoms with van der Waals surface area (Å²) < 4.78 is 1.14. The number of nitrogens with zero attached hydrogens (tertiary/aromatic N) is 1. The Morgan fingerprint density at radius 3 is 2.24 bits per heavy atom. The molecule has 1 aromatic carbocycles. The molecule has 0 saturated heterocycles. The molecule has 2 aromatic rings. The van der Waals surface area contributed by atoms with Crippen molar-refractivity contribution in [2.75, 3.05) is 0 Å². The molecule has 0 fully saturated rings. The van der Waals surface area contributed by atoms with Crippen molar-refractivity contribution in [1.82, 2.24) is 4.57 Å². The third-order valence-corrected chi connectivity index (χ3v) is 2.49. The van der Waals surface area contributed by atoms with E-state index in [0.29, 0.717) is 0 Å². The van der Waals surface area contributed by atoms with E-state index in [1.54, 1.807) is 6.20 Å². The maximum Gasteiger partial charge on any atom is 0.352 e. The van der Waals surface area contributed by atoms with Crippen LogP contribution in [0.5, 0.6) is 0 Å². The smallest absolute Gasteiger partial charge is 0.352 e. The maximum atomic E-state index is 11.3.